The number of nitrogens with one attached hydrogen (secondary N) is 1. The Bertz CT molecular complexity index is 824. The number of ether oxygens (including phenoxy) is 1. The van der Waals surface area contributed by atoms with E-state index >= 15 is 0 Å². The molecule has 0 radical (unpaired) electrons. The highest BCUT2D eigenvalue weighted by molar-refractivity contribution is 5.98. The molecule has 3 rings (SSSR count). The lowest BCUT2D eigenvalue weighted by Crippen LogP contribution is -2.13. The molecular weight excluding hydrogens is 318 g/mol. The molecule has 0 saturated carbocycles. The molecule has 1 aromatic heterocycles. The van der Waals surface area contributed by atoms with Crippen LogP contribution in [-0.4, -0.2) is 11.7 Å². The molecule has 3 aromatic rings. The topological polar surface area (TPSA) is 68.5 Å². The first kappa shape index (κ1) is 16.5. The fourth-order valence-corrected chi connectivity index (χ4v) is 2.24. The van der Waals surface area contributed by atoms with Crippen molar-refractivity contribution in [2.45, 2.75) is 12.8 Å². The number of rotatable bonds is 7. The van der Waals surface area contributed by atoms with E-state index < -0.39 is 0 Å². The predicted octanol–water partition coefficient (Wildman–Crippen LogP) is 4.67. The average Bonchev–Trinajstić information content (AvgIpc) is 3.17. The van der Waals surface area contributed by atoms with Crippen molar-refractivity contribution in [1.82, 2.24) is 0 Å². The van der Waals surface area contributed by atoms with E-state index in [2.05, 4.69) is 5.32 Å². The monoisotopic (exact) mass is 335 g/mol. The molecule has 0 aliphatic rings. The van der Waals surface area contributed by atoms with E-state index in [9.17, 15) is 9.59 Å². The number of carbonyl (C=O) groups is 2. The summed E-state index contributed by atoms with van der Waals surface area (Å²) in [6.45, 7) is 0. The first-order chi connectivity index (χ1) is 12.2. The average molecular weight is 335 g/mol. The van der Waals surface area contributed by atoms with E-state index in [-0.39, 0.29) is 30.3 Å². The maximum Gasteiger partial charge on any atom is 0.224 e. The summed E-state index contributed by atoms with van der Waals surface area (Å²) >= 11 is 0. The van der Waals surface area contributed by atoms with Crippen molar-refractivity contribution in [2.24, 2.45) is 0 Å². The molecule has 0 aliphatic heterocycles. The summed E-state index contributed by atoms with van der Waals surface area (Å²) < 4.78 is 10.7. The van der Waals surface area contributed by atoms with Crippen LogP contribution >= 0.6 is 0 Å². The number of carbonyl (C=O) groups excluding carboxylic acids is 2. The quantitative estimate of drug-likeness (QED) is 0.637. The van der Waals surface area contributed by atoms with Crippen LogP contribution in [0.2, 0.25) is 0 Å². The zero-order valence-electron chi connectivity index (χ0n) is 13.5. The summed E-state index contributed by atoms with van der Waals surface area (Å²) in [6.07, 6.45) is 1.64. The summed E-state index contributed by atoms with van der Waals surface area (Å²) in [7, 11) is 0. The molecule has 0 spiro atoms. The van der Waals surface area contributed by atoms with Crippen LogP contribution in [0, 0.1) is 0 Å². The number of hydrogen-bond donors (Lipinski definition) is 1. The van der Waals surface area contributed by atoms with E-state index in [4.69, 9.17) is 9.15 Å². The summed E-state index contributed by atoms with van der Waals surface area (Å²) in [5.41, 5.74) is 0.649. The number of hydrogen-bond acceptors (Lipinski definition) is 4. The lowest BCUT2D eigenvalue weighted by molar-refractivity contribution is -0.116. The molecule has 0 unspecified atom stereocenters. The van der Waals surface area contributed by atoms with Crippen LogP contribution in [0.4, 0.5) is 5.69 Å². The second-order valence-electron chi connectivity index (χ2n) is 5.39. The van der Waals surface area contributed by atoms with Gasteiger partial charge in [0.05, 0.1) is 6.26 Å². The number of anilines is 1. The van der Waals surface area contributed by atoms with Gasteiger partial charge in [-0.3, -0.25) is 9.59 Å². The smallest absolute Gasteiger partial charge is 0.224 e. The number of ketones is 1. The second kappa shape index (κ2) is 7.97. The van der Waals surface area contributed by atoms with Gasteiger partial charge in [-0.05, 0) is 48.5 Å². The summed E-state index contributed by atoms with van der Waals surface area (Å²) in [4.78, 5) is 23.7. The number of para-hydroxylation sites is 1. The number of Topliss-reactive ketones (excluding diaryl/α,β-unsaturated/α-hetero) is 1. The van der Waals surface area contributed by atoms with Crippen molar-refractivity contribution in [3.8, 4) is 11.5 Å². The fraction of sp³-hybridized carbons (Fsp3) is 0.100. The molecule has 25 heavy (non-hydrogen) atoms. The van der Waals surface area contributed by atoms with Crippen LogP contribution in [0.15, 0.2) is 77.4 Å². The Morgan fingerprint density at radius 3 is 2.24 bits per heavy atom. The van der Waals surface area contributed by atoms with Gasteiger partial charge in [0.1, 0.15) is 11.5 Å². The normalized spacial score (nSPS) is 10.2. The van der Waals surface area contributed by atoms with Crippen molar-refractivity contribution in [3.63, 3.8) is 0 Å². The fourth-order valence-electron chi connectivity index (χ4n) is 2.24. The first-order valence-electron chi connectivity index (χ1n) is 7.90. The highest BCUT2D eigenvalue weighted by Crippen LogP contribution is 2.22. The van der Waals surface area contributed by atoms with E-state index in [1.54, 1.807) is 36.4 Å². The minimum Gasteiger partial charge on any atom is -0.461 e. The van der Waals surface area contributed by atoms with Gasteiger partial charge >= 0.3 is 0 Å². The number of amides is 1. The molecule has 0 aliphatic carbocycles. The number of benzene rings is 2. The van der Waals surface area contributed by atoms with Gasteiger partial charge < -0.3 is 14.5 Å². The Labute approximate surface area is 145 Å². The Morgan fingerprint density at radius 1 is 0.840 bits per heavy atom. The van der Waals surface area contributed by atoms with Crippen LogP contribution in [0.3, 0.4) is 0 Å². The van der Waals surface area contributed by atoms with Crippen molar-refractivity contribution in [3.05, 3.63) is 78.8 Å². The third-order valence-corrected chi connectivity index (χ3v) is 3.49. The Hall–Kier alpha value is -3.34. The SMILES string of the molecule is O=C(CCC(=O)c1ccco1)Nc1ccc(Oc2ccccc2)cc1. The van der Waals surface area contributed by atoms with E-state index in [0.29, 0.717) is 11.4 Å². The lowest BCUT2D eigenvalue weighted by Gasteiger charge is -2.08. The Kier molecular flexibility index (Phi) is 5.26. The van der Waals surface area contributed by atoms with E-state index in [0.717, 1.165) is 5.75 Å². The van der Waals surface area contributed by atoms with Crippen molar-refractivity contribution in [2.75, 3.05) is 5.32 Å². The van der Waals surface area contributed by atoms with E-state index in [1.807, 2.05) is 30.3 Å². The lowest BCUT2D eigenvalue weighted by atomic mass is 10.1. The number of furan rings is 1. The summed E-state index contributed by atoms with van der Waals surface area (Å²) in [6, 6.07) is 19.7. The first-order valence-corrected chi connectivity index (χ1v) is 7.90. The van der Waals surface area contributed by atoms with Crippen LogP contribution in [0.5, 0.6) is 11.5 Å². The van der Waals surface area contributed by atoms with E-state index in [1.165, 1.54) is 6.26 Å². The molecule has 126 valence electrons. The van der Waals surface area contributed by atoms with Crippen LogP contribution in [-0.2, 0) is 4.79 Å². The molecule has 0 atom stereocenters. The van der Waals surface area contributed by atoms with Crippen molar-refractivity contribution >= 4 is 17.4 Å². The minimum atomic E-state index is -0.225. The molecule has 0 fully saturated rings. The zero-order chi connectivity index (χ0) is 17.5. The van der Waals surface area contributed by atoms with Crippen molar-refractivity contribution < 1.29 is 18.7 Å². The summed E-state index contributed by atoms with van der Waals surface area (Å²) in [5, 5.41) is 2.76. The maximum absolute atomic E-state index is 11.9. The van der Waals surface area contributed by atoms with Gasteiger partial charge in [-0.1, -0.05) is 18.2 Å². The minimum absolute atomic E-state index is 0.0990. The van der Waals surface area contributed by atoms with Crippen LogP contribution in [0.1, 0.15) is 23.4 Å². The third kappa shape index (κ3) is 4.81. The second-order valence-corrected chi connectivity index (χ2v) is 5.39. The highest BCUT2D eigenvalue weighted by Gasteiger charge is 2.11. The van der Waals surface area contributed by atoms with Gasteiger partial charge in [0.2, 0.25) is 5.91 Å². The van der Waals surface area contributed by atoms with Crippen molar-refractivity contribution in [1.29, 1.82) is 0 Å². The van der Waals surface area contributed by atoms with Gasteiger partial charge in [0.25, 0.3) is 0 Å². The van der Waals surface area contributed by atoms with Gasteiger partial charge in [-0.15, -0.1) is 0 Å². The largest absolute Gasteiger partial charge is 0.461 e. The molecule has 5 heteroatoms. The van der Waals surface area contributed by atoms with Crippen LogP contribution in [0.25, 0.3) is 0 Å². The molecule has 2 aromatic carbocycles. The molecule has 0 saturated heterocycles. The maximum atomic E-state index is 11.9. The third-order valence-electron chi connectivity index (χ3n) is 3.49. The van der Waals surface area contributed by atoms with Gasteiger partial charge in [-0.2, -0.15) is 0 Å². The van der Waals surface area contributed by atoms with Crippen LogP contribution < -0.4 is 10.1 Å². The Balaban J connectivity index is 1.49. The van der Waals surface area contributed by atoms with Gasteiger partial charge in [0.15, 0.2) is 11.5 Å². The Morgan fingerprint density at radius 2 is 1.56 bits per heavy atom. The molecule has 1 heterocycles. The van der Waals surface area contributed by atoms with Gasteiger partial charge in [-0.25, -0.2) is 0 Å². The molecule has 5 nitrogen and oxygen atoms in total. The summed E-state index contributed by atoms with van der Waals surface area (Å²) in [5.74, 6) is 1.28. The molecular formula is C20H17NO4. The zero-order valence-corrected chi connectivity index (χ0v) is 13.5. The standard InChI is InChI=1S/C20H17NO4/c22-18(19-7-4-14-24-19)12-13-20(23)21-15-8-10-17(11-9-15)25-16-5-2-1-3-6-16/h1-11,14H,12-13H2,(H,21,23). The molecule has 1 amide bonds. The molecule has 1 N–H and O–H groups in total. The van der Waals surface area contributed by atoms with Gasteiger partial charge in [0, 0.05) is 18.5 Å². The molecule has 0 bridgehead atoms. The highest BCUT2D eigenvalue weighted by atomic mass is 16.5. The predicted molar refractivity (Wildman–Crippen MR) is 93.9 cm³/mol.